The molecular weight excluding hydrogens is 342 g/mol. The minimum atomic E-state index is 0.156. The van der Waals surface area contributed by atoms with E-state index in [1.54, 1.807) is 22.7 Å². The molecule has 0 amide bonds. The zero-order chi connectivity index (χ0) is 14.0. The lowest BCUT2D eigenvalue weighted by Gasteiger charge is -2.19. The number of rotatable bonds is 4. The Kier molecular flexibility index (Phi) is 4.76. The number of aromatic nitrogens is 2. The van der Waals surface area contributed by atoms with Crippen LogP contribution in [0.15, 0.2) is 9.85 Å². The summed E-state index contributed by atoms with van der Waals surface area (Å²) in [5.41, 5.74) is 1.41. The lowest BCUT2D eigenvalue weighted by Crippen LogP contribution is -2.37. The van der Waals surface area contributed by atoms with E-state index in [9.17, 15) is 0 Å². The molecule has 0 atom stereocenters. The molecule has 0 bridgehead atoms. The second-order valence-corrected chi connectivity index (χ2v) is 8.93. The van der Waals surface area contributed by atoms with E-state index in [1.165, 1.54) is 14.2 Å². The summed E-state index contributed by atoms with van der Waals surface area (Å²) in [4.78, 5) is 1.19. The number of halogens is 1. The first-order valence-corrected chi connectivity index (χ1v) is 8.61. The van der Waals surface area contributed by atoms with Gasteiger partial charge in [0.05, 0.1) is 8.66 Å². The third-order valence-electron chi connectivity index (χ3n) is 2.53. The zero-order valence-corrected chi connectivity index (χ0v) is 14.8. The van der Waals surface area contributed by atoms with Gasteiger partial charge in [-0.25, -0.2) is 0 Å². The zero-order valence-electron chi connectivity index (χ0n) is 11.6. The van der Waals surface area contributed by atoms with E-state index in [-0.39, 0.29) is 5.54 Å². The molecule has 0 saturated heterocycles. The van der Waals surface area contributed by atoms with E-state index >= 15 is 0 Å². The predicted molar refractivity (Wildman–Crippen MR) is 87.1 cm³/mol. The molecule has 0 aromatic carbocycles. The first-order chi connectivity index (χ1) is 8.85. The smallest absolute Gasteiger partial charge is 0.157 e. The number of aryl methyl sites for hydroxylation is 1. The molecule has 3 nitrogen and oxygen atoms in total. The summed E-state index contributed by atoms with van der Waals surface area (Å²) in [7, 11) is 0. The highest BCUT2D eigenvalue weighted by atomic mass is 79.9. The maximum absolute atomic E-state index is 4.29. The molecule has 0 aliphatic rings. The van der Waals surface area contributed by atoms with Crippen molar-refractivity contribution in [3.8, 4) is 9.88 Å². The van der Waals surface area contributed by atoms with Gasteiger partial charge in [0.2, 0.25) is 0 Å². The number of hydrogen-bond acceptors (Lipinski definition) is 5. The van der Waals surface area contributed by atoms with Gasteiger partial charge in [-0.3, -0.25) is 0 Å². The van der Waals surface area contributed by atoms with Crippen molar-refractivity contribution in [1.29, 1.82) is 0 Å². The largest absolute Gasteiger partial charge is 0.312 e. The van der Waals surface area contributed by atoms with Crippen LogP contribution in [0.4, 0.5) is 0 Å². The van der Waals surface area contributed by atoms with Crippen molar-refractivity contribution in [2.24, 2.45) is 0 Å². The van der Waals surface area contributed by atoms with Crippen LogP contribution in [0.1, 0.15) is 31.3 Å². The highest BCUT2D eigenvalue weighted by Gasteiger charge is 2.12. The van der Waals surface area contributed by atoms with Crippen LogP contribution in [-0.4, -0.2) is 22.3 Å². The van der Waals surface area contributed by atoms with Gasteiger partial charge in [-0.1, -0.05) is 11.3 Å². The lowest BCUT2D eigenvalue weighted by molar-refractivity contribution is 0.429. The van der Waals surface area contributed by atoms with Crippen molar-refractivity contribution in [3.05, 3.63) is 20.4 Å². The molecule has 0 spiro atoms. The number of thiophene rings is 1. The van der Waals surface area contributed by atoms with E-state index < -0.39 is 0 Å². The van der Waals surface area contributed by atoms with Crippen LogP contribution in [0.25, 0.3) is 9.88 Å². The van der Waals surface area contributed by atoms with E-state index in [0.717, 1.165) is 23.0 Å². The number of nitrogens with zero attached hydrogens (tertiary/aromatic N) is 2. The Morgan fingerprint density at radius 1 is 1.26 bits per heavy atom. The average molecular weight is 360 g/mol. The van der Waals surface area contributed by atoms with E-state index in [0.29, 0.717) is 0 Å². The van der Waals surface area contributed by atoms with Crippen molar-refractivity contribution < 1.29 is 0 Å². The molecule has 2 aromatic heterocycles. The molecular formula is C13H18BrN3S2. The fraction of sp³-hybridized carbons (Fsp3) is 0.538. The number of hydrogen-bond donors (Lipinski definition) is 1. The van der Waals surface area contributed by atoms with Gasteiger partial charge in [-0.05, 0) is 55.3 Å². The van der Waals surface area contributed by atoms with Gasteiger partial charge in [-0.15, -0.1) is 21.5 Å². The van der Waals surface area contributed by atoms with Crippen LogP contribution in [0, 0.1) is 6.92 Å². The van der Waals surface area contributed by atoms with E-state index in [1.807, 2.05) is 0 Å². The van der Waals surface area contributed by atoms with Crippen LogP contribution >= 0.6 is 38.6 Å². The van der Waals surface area contributed by atoms with Gasteiger partial charge >= 0.3 is 0 Å². The van der Waals surface area contributed by atoms with Crippen LogP contribution in [0.3, 0.4) is 0 Å². The molecule has 2 heterocycles. The SMILES string of the molecule is Cc1cc(-c2nnc(CCNC(C)(C)C)s2)sc1Br. The van der Waals surface area contributed by atoms with Gasteiger partial charge in [0, 0.05) is 18.5 Å². The van der Waals surface area contributed by atoms with Crippen molar-refractivity contribution in [3.63, 3.8) is 0 Å². The summed E-state index contributed by atoms with van der Waals surface area (Å²) in [5.74, 6) is 0. The average Bonchev–Trinajstić information content (AvgIpc) is 2.85. The van der Waals surface area contributed by atoms with Crippen LogP contribution in [-0.2, 0) is 6.42 Å². The normalized spacial score (nSPS) is 12.1. The minimum Gasteiger partial charge on any atom is -0.312 e. The third kappa shape index (κ3) is 4.34. The molecule has 0 fully saturated rings. The maximum Gasteiger partial charge on any atom is 0.157 e. The molecule has 1 N–H and O–H groups in total. The Hall–Kier alpha value is -0.300. The Balaban J connectivity index is 1.99. The van der Waals surface area contributed by atoms with Crippen LogP contribution < -0.4 is 5.32 Å². The summed E-state index contributed by atoms with van der Waals surface area (Å²) in [6.45, 7) is 9.55. The summed E-state index contributed by atoms with van der Waals surface area (Å²) in [6.07, 6.45) is 0.931. The molecule has 0 saturated carbocycles. The summed E-state index contributed by atoms with van der Waals surface area (Å²) in [5, 5.41) is 14.1. The van der Waals surface area contributed by atoms with Gasteiger partial charge < -0.3 is 5.32 Å². The molecule has 6 heteroatoms. The maximum atomic E-state index is 4.29. The highest BCUT2D eigenvalue weighted by molar-refractivity contribution is 9.11. The van der Waals surface area contributed by atoms with Gasteiger partial charge in [0.1, 0.15) is 5.01 Å². The molecule has 0 aliphatic carbocycles. The first-order valence-electron chi connectivity index (χ1n) is 6.19. The van der Waals surface area contributed by atoms with E-state index in [2.05, 4.69) is 65.2 Å². The van der Waals surface area contributed by atoms with Crippen LogP contribution in [0.2, 0.25) is 0 Å². The molecule has 2 aromatic rings. The van der Waals surface area contributed by atoms with Crippen molar-refractivity contribution in [2.75, 3.05) is 6.54 Å². The lowest BCUT2D eigenvalue weighted by atomic mass is 10.1. The third-order valence-corrected chi connectivity index (χ3v) is 5.82. The van der Waals surface area contributed by atoms with Crippen molar-refractivity contribution in [1.82, 2.24) is 15.5 Å². The van der Waals surface area contributed by atoms with Gasteiger partial charge in [-0.2, -0.15) is 0 Å². The first kappa shape index (κ1) is 15.1. The Morgan fingerprint density at radius 2 is 2.00 bits per heavy atom. The van der Waals surface area contributed by atoms with Crippen LogP contribution in [0.5, 0.6) is 0 Å². The fourth-order valence-corrected chi connectivity index (χ4v) is 3.98. The second kappa shape index (κ2) is 5.99. The second-order valence-electron chi connectivity index (χ2n) is 5.50. The van der Waals surface area contributed by atoms with Crippen molar-refractivity contribution in [2.45, 2.75) is 39.7 Å². The van der Waals surface area contributed by atoms with E-state index in [4.69, 9.17) is 0 Å². The fourth-order valence-electron chi connectivity index (χ4n) is 1.56. The Morgan fingerprint density at radius 3 is 2.58 bits per heavy atom. The minimum absolute atomic E-state index is 0.156. The summed E-state index contributed by atoms with van der Waals surface area (Å²) >= 11 is 6.95. The summed E-state index contributed by atoms with van der Waals surface area (Å²) < 4.78 is 1.17. The molecule has 0 aliphatic heterocycles. The predicted octanol–water partition coefficient (Wildman–Crippen LogP) is 4.27. The molecule has 2 rings (SSSR count). The Bertz CT molecular complexity index is 535. The molecule has 104 valence electrons. The summed E-state index contributed by atoms with van der Waals surface area (Å²) in [6, 6.07) is 2.16. The topological polar surface area (TPSA) is 37.8 Å². The molecule has 0 radical (unpaired) electrons. The Labute approximate surface area is 130 Å². The molecule has 0 unspecified atom stereocenters. The van der Waals surface area contributed by atoms with Crippen molar-refractivity contribution >= 4 is 38.6 Å². The van der Waals surface area contributed by atoms with Gasteiger partial charge in [0.15, 0.2) is 5.01 Å². The highest BCUT2D eigenvalue weighted by Crippen LogP contribution is 2.35. The number of nitrogens with one attached hydrogen (secondary N) is 1. The van der Waals surface area contributed by atoms with Gasteiger partial charge in [0.25, 0.3) is 0 Å². The molecule has 19 heavy (non-hydrogen) atoms. The monoisotopic (exact) mass is 359 g/mol. The standard InChI is InChI=1S/C13H18BrN3S2/c1-8-7-9(18-11(8)14)12-17-16-10(19-12)5-6-15-13(2,3)4/h7,15H,5-6H2,1-4H3. The quantitative estimate of drug-likeness (QED) is 0.885.